The van der Waals surface area contributed by atoms with Gasteiger partial charge in [-0.25, -0.2) is 4.98 Å². The fourth-order valence-corrected chi connectivity index (χ4v) is 4.65. The smallest absolute Gasteiger partial charge is 0.305 e. The molecular weight excluding hydrogens is 583 g/mol. The minimum atomic E-state index is -2.03. The van der Waals surface area contributed by atoms with Crippen molar-refractivity contribution < 1.29 is 33.6 Å². The molecule has 0 aliphatic rings. The predicted molar refractivity (Wildman–Crippen MR) is 151 cm³/mol. The van der Waals surface area contributed by atoms with Gasteiger partial charge < -0.3 is 28.6 Å². The number of hydrogen-bond donors (Lipinski definition) is 1. The first-order chi connectivity index (χ1) is 18.8. The van der Waals surface area contributed by atoms with Gasteiger partial charge in [0, 0.05) is 31.7 Å². The van der Waals surface area contributed by atoms with Gasteiger partial charge in [-0.3, -0.25) is 9.59 Å². The van der Waals surface area contributed by atoms with Crippen molar-refractivity contribution in [2.24, 2.45) is 0 Å². The molecule has 0 aliphatic carbocycles. The molecule has 1 aromatic heterocycles. The quantitative estimate of drug-likeness (QED) is 0.155. The van der Waals surface area contributed by atoms with Crippen LogP contribution in [0.15, 0.2) is 55.1 Å². The molecule has 3 aromatic rings. The molecule has 12 heteroatoms. The third kappa shape index (κ3) is 8.51. The molecule has 1 N–H and O–H groups in total. The highest BCUT2D eigenvalue weighted by atomic mass is 35.5. The molecule has 3 rings (SSSR count). The number of carbonyl (C=O) groups is 2. The molecule has 2 atom stereocenters. The summed E-state index contributed by atoms with van der Waals surface area (Å²) in [5.41, 5.74) is 1.26. The Morgan fingerprint density at radius 3 is 2.20 bits per heavy atom. The lowest BCUT2D eigenvalue weighted by molar-refractivity contribution is -0.207. The number of aliphatic hydroxyl groups is 1. The van der Waals surface area contributed by atoms with E-state index in [-0.39, 0.29) is 22.4 Å². The molecule has 0 amide bonds. The summed E-state index contributed by atoms with van der Waals surface area (Å²) in [5, 5.41) is 10.8. The van der Waals surface area contributed by atoms with Crippen LogP contribution in [0, 0.1) is 0 Å². The van der Waals surface area contributed by atoms with E-state index in [9.17, 15) is 14.7 Å². The van der Waals surface area contributed by atoms with Gasteiger partial charge in [-0.05, 0) is 35.4 Å². The van der Waals surface area contributed by atoms with E-state index in [1.54, 1.807) is 30.9 Å². The van der Waals surface area contributed by atoms with Crippen molar-refractivity contribution in [3.05, 3.63) is 76.3 Å². The highest BCUT2D eigenvalue weighted by Gasteiger charge is 2.32. The molecule has 0 spiro atoms. The molecule has 9 nitrogen and oxygen atoms in total. The Labute approximate surface area is 247 Å². The zero-order valence-corrected chi connectivity index (χ0v) is 24.8. The van der Waals surface area contributed by atoms with Gasteiger partial charge in [-0.1, -0.05) is 49.2 Å². The van der Waals surface area contributed by atoms with Gasteiger partial charge >= 0.3 is 11.9 Å². The Bertz CT molecular complexity index is 1280. The monoisotopic (exact) mass is 612 g/mol. The largest absolute Gasteiger partial charge is 0.490 e. The molecule has 0 saturated carbocycles. The fraction of sp³-hybridized carbons (Fsp3) is 0.393. The lowest BCUT2D eigenvalue weighted by Crippen LogP contribution is -2.42. The number of esters is 2. The van der Waals surface area contributed by atoms with Crippen LogP contribution in [0.1, 0.15) is 38.8 Å². The van der Waals surface area contributed by atoms with E-state index < -0.39 is 41.7 Å². The van der Waals surface area contributed by atoms with E-state index in [1.807, 2.05) is 42.7 Å². The average Bonchev–Trinajstić information content (AvgIpc) is 3.39. The maximum Gasteiger partial charge on any atom is 0.305 e. The fourth-order valence-electron chi connectivity index (χ4n) is 3.92. The Balaban J connectivity index is 1.70. The molecular formula is C28H31Cl3N2O7. The van der Waals surface area contributed by atoms with E-state index in [0.717, 1.165) is 18.1 Å². The van der Waals surface area contributed by atoms with Gasteiger partial charge in [-0.2, -0.15) is 0 Å². The number of alkyl halides is 1. The molecule has 216 valence electrons. The summed E-state index contributed by atoms with van der Waals surface area (Å²) in [6.45, 7) is 6.67. The average molecular weight is 614 g/mol. The minimum absolute atomic E-state index is 0.125. The minimum Gasteiger partial charge on any atom is -0.490 e. The molecule has 0 fully saturated rings. The van der Waals surface area contributed by atoms with Crippen LogP contribution >= 0.6 is 34.8 Å². The number of imidazole rings is 1. The van der Waals surface area contributed by atoms with Crippen LogP contribution in [-0.4, -0.2) is 57.6 Å². The highest BCUT2D eigenvalue weighted by Crippen LogP contribution is 2.41. The second-order valence-corrected chi connectivity index (χ2v) is 10.8. The van der Waals surface area contributed by atoms with Crippen molar-refractivity contribution in [1.29, 1.82) is 0 Å². The Kier molecular flexibility index (Phi) is 10.7. The number of hydrogen-bond acceptors (Lipinski definition) is 8. The van der Waals surface area contributed by atoms with Gasteiger partial charge in [0.1, 0.15) is 12.4 Å². The number of halogens is 3. The van der Waals surface area contributed by atoms with Crippen LogP contribution in [0.4, 0.5) is 0 Å². The summed E-state index contributed by atoms with van der Waals surface area (Å²) in [6.07, 6.45) is 4.60. The molecule has 40 heavy (non-hydrogen) atoms. The summed E-state index contributed by atoms with van der Waals surface area (Å²) < 4.78 is 23.5. The number of benzene rings is 2. The van der Waals surface area contributed by atoms with E-state index in [1.165, 1.54) is 6.92 Å². The first-order valence-corrected chi connectivity index (χ1v) is 13.6. The standard InChI is InChI=1S/C28H31Cl3N2O7/c1-18(34)39-23(13-33-10-9-32-17-33)14-37-22-7-5-20(6-8-22)27(3,4)21-11-24(30)26(25(31)12-21)38-16-28(36,15-29)40-19(2)35/h5-12,17,23,36H,13-16H2,1-4H3/t23-,28?/m1/s1. The van der Waals surface area contributed by atoms with Crippen LogP contribution in [-0.2, 0) is 31.0 Å². The Hall–Kier alpha value is -2.98. The van der Waals surface area contributed by atoms with Gasteiger partial charge in [0.15, 0.2) is 18.5 Å². The summed E-state index contributed by atoms with van der Waals surface area (Å²) in [6, 6.07) is 11.0. The Morgan fingerprint density at radius 1 is 1.02 bits per heavy atom. The molecule has 0 bridgehead atoms. The molecule has 1 unspecified atom stereocenters. The molecule has 1 heterocycles. The van der Waals surface area contributed by atoms with Crippen LogP contribution in [0.5, 0.6) is 11.5 Å². The molecule has 0 aliphatic heterocycles. The summed E-state index contributed by atoms with van der Waals surface area (Å²) in [4.78, 5) is 26.8. The second kappa shape index (κ2) is 13.6. The van der Waals surface area contributed by atoms with Crippen molar-refractivity contribution >= 4 is 46.7 Å². The van der Waals surface area contributed by atoms with Crippen molar-refractivity contribution in [1.82, 2.24) is 9.55 Å². The van der Waals surface area contributed by atoms with Crippen molar-refractivity contribution in [3.63, 3.8) is 0 Å². The number of ether oxygens (including phenoxy) is 4. The van der Waals surface area contributed by atoms with Crippen molar-refractivity contribution in [3.8, 4) is 11.5 Å². The zero-order chi connectivity index (χ0) is 29.5. The van der Waals surface area contributed by atoms with Crippen molar-refractivity contribution in [2.75, 3.05) is 19.1 Å². The lowest BCUT2D eigenvalue weighted by Gasteiger charge is -2.28. The number of aromatic nitrogens is 2. The van der Waals surface area contributed by atoms with Crippen molar-refractivity contribution in [2.45, 2.75) is 51.5 Å². The predicted octanol–water partition coefficient (Wildman–Crippen LogP) is 5.40. The van der Waals surface area contributed by atoms with Crippen LogP contribution < -0.4 is 9.47 Å². The third-order valence-electron chi connectivity index (χ3n) is 6.02. The van der Waals surface area contributed by atoms with E-state index in [0.29, 0.717) is 12.3 Å². The number of nitrogens with zero attached hydrogens (tertiary/aromatic N) is 2. The Morgan fingerprint density at radius 2 is 1.68 bits per heavy atom. The van der Waals surface area contributed by atoms with Crippen LogP contribution in [0.3, 0.4) is 0 Å². The second-order valence-electron chi connectivity index (χ2n) is 9.68. The molecule has 0 saturated heterocycles. The lowest BCUT2D eigenvalue weighted by atomic mass is 9.78. The van der Waals surface area contributed by atoms with E-state index in [2.05, 4.69) is 4.98 Å². The maximum atomic E-state index is 11.5. The first kappa shape index (κ1) is 31.5. The number of carbonyl (C=O) groups excluding carboxylic acids is 2. The van der Waals surface area contributed by atoms with Gasteiger partial charge in [0.2, 0.25) is 0 Å². The molecule has 0 radical (unpaired) electrons. The molecule has 2 aromatic carbocycles. The summed E-state index contributed by atoms with van der Waals surface area (Å²) >= 11 is 18.7. The van der Waals surface area contributed by atoms with E-state index >= 15 is 0 Å². The highest BCUT2D eigenvalue weighted by molar-refractivity contribution is 6.37. The normalized spacial score (nSPS) is 13.7. The third-order valence-corrected chi connectivity index (χ3v) is 7.00. The maximum absolute atomic E-state index is 11.5. The van der Waals surface area contributed by atoms with Crippen LogP contribution in [0.2, 0.25) is 10.0 Å². The number of rotatable bonds is 13. The summed E-state index contributed by atoms with van der Waals surface area (Å²) in [7, 11) is 0. The van der Waals surface area contributed by atoms with Gasteiger partial charge in [0.25, 0.3) is 5.79 Å². The van der Waals surface area contributed by atoms with Gasteiger partial charge in [-0.15, -0.1) is 11.6 Å². The SMILES string of the molecule is CC(=O)O[C@@H](COc1ccc(C(C)(C)c2cc(Cl)c(OCC(O)(CCl)OC(C)=O)c(Cl)c2)cc1)Cn1ccnc1. The zero-order valence-electron chi connectivity index (χ0n) is 22.5. The van der Waals surface area contributed by atoms with Gasteiger partial charge in [0.05, 0.1) is 28.8 Å². The first-order valence-electron chi connectivity index (χ1n) is 12.3. The summed E-state index contributed by atoms with van der Waals surface area (Å²) in [5.74, 6) is -2.79. The van der Waals surface area contributed by atoms with Crippen LogP contribution in [0.25, 0.3) is 0 Å². The topological polar surface area (TPSA) is 109 Å². The van der Waals surface area contributed by atoms with E-state index in [4.69, 9.17) is 53.8 Å².